The molecule has 0 aliphatic rings. The summed E-state index contributed by atoms with van der Waals surface area (Å²) in [7, 11) is 5.65. The van der Waals surface area contributed by atoms with Crippen LogP contribution in [0.25, 0.3) is 0 Å². The number of carbonyl (C=O) groups is 1. The quantitative estimate of drug-likeness (QED) is 0.717. The zero-order valence-electron chi connectivity index (χ0n) is 15.0. The number of rotatable bonds is 9. The third-order valence-electron chi connectivity index (χ3n) is 3.62. The molecule has 2 rings (SSSR count). The Morgan fingerprint density at radius 3 is 2.44 bits per heavy atom. The maximum atomic E-state index is 12.1. The number of aromatic nitrogens is 2. The minimum Gasteiger partial charge on any atom is -0.497 e. The third-order valence-corrected chi connectivity index (χ3v) is 3.62. The number of likely N-dealkylation sites (N-methyl/N-ethyl adjacent to an activating group) is 1. The van der Waals surface area contributed by atoms with Gasteiger partial charge in [-0.2, -0.15) is 0 Å². The molecule has 1 heterocycles. The summed E-state index contributed by atoms with van der Waals surface area (Å²) < 4.78 is 5.12. The van der Waals surface area contributed by atoms with Gasteiger partial charge in [0.2, 0.25) is 0 Å². The summed E-state index contributed by atoms with van der Waals surface area (Å²) in [5.41, 5.74) is 1.44. The van der Waals surface area contributed by atoms with Gasteiger partial charge in [0.05, 0.1) is 7.11 Å². The SMILES string of the molecule is COc1ccc(CCNC(=O)c2ccc(NCCN(C)C)nn2)cc1. The number of anilines is 1. The highest BCUT2D eigenvalue weighted by Gasteiger charge is 2.07. The average Bonchev–Trinajstić information content (AvgIpc) is 2.62. The van der Waals surface area contributed by atoms with E-state index < -0.39 is 0 Å². The minimum absolute atomic E-state index is 0.221. The molecule has 0 aliphatic heterocycles. The van der Waals surface area contributed by atoms with Crippen LogP contribution < -0.4 is 15.4 Å². The summed E-state index contributed by atoms with van der Waals surface area (Å²) in [5.74, 6) is 1.26. The molecule has 1 amide bonds. The number of hydrogen-bond donors (Lipinski definition) is 2. The van der Waals surface area contributed by atoms with E-state index in [1.54, 1.807) is 19.2 Å². The van der Waals surface area contributed by atoms with Gasteiger partial charge in [0.25, 0.3) is 5.91 Å². The first kappa shape index (κ1) is 18.7. The van der Waals surface area contributed by atoms with E-state index in [2.05, 4.69) is 25.7 Å². The van der Waals surface area contributed by atoms with Gasteiger partial charge in [-0.1, -0.05) is 12.1 Å². The summed E-state index contributed by atoms with van der Waals surface area (Å²) in [6.45, 7) is 2.21. The maximum Gasteiger partial charge on any atom is 0.271 e. The summed E-state index contributed by atoms with van der Waals surface area (Å²) in [5, 5.41) is 14.0. The Morgan fingerprint density at radius 1 is 1.08 bits per heavy atom. The zero-order chi connectivity index (χ0) is 18.1. The van der Waals surface area contributed by atoms with Crippen LogP contribution in [0.1, 0.15) is 16.1 Å². The van der Waals surface area contributed by atoms with Crippen molar-refractivity contribution < 1.29 is 9.53 Å². The van der Waals surface area contributed by atoms with Gasteiger partial charge in [0.15, 0.2) is 5.69 Å². The Hall–Kier alpha value is -2.67. The van der Waals surface area contributed by atoms with Crippen molar-refractivity contribution >= 4 is 11.7 Å². The van der Waals surface area contributed by atoms with E-state index in [1.807, 2.05) is 38.4 Å². The molecule has 0 saturated heterocycles. The average molecular weight is 343 g/mol. The number of nitrogens with zero attached hydrogens (tertiary/aromatic N) is 3. The Kier molecular flexibility index (Phi) is 7.16. The zero-order valence-corrected chi connectivity index (χ0v) is 15.0. The first-order valence-electron chi connectivity index (χ1n) is 8.22. The highest BCUT2D eigenvalue weighted by atomic mass is 16.5. The van der Waals surface area contributed by atoms with Gasteiger partial charge in [0.1, 0.15) is 11.6 Å². The predicted molar refractivity (Wildman–Crippen MR) is 98.1 cm³/mol. The number of benzene rings is 1. The van der Waals surface area contributed by atoms with Crippen molar-refractivity contribution in [2.45, 2.75) is 6.42 Å². The van der Waals surface area contributed by atoms with E-state index in [9.17, 15) is 4.79 Å². The van der Waals surface area contributed by atoms with Gasteiger partial charge in [-0.25, -0.2) is 0 Å². The normalized spacial score (nSPS) is 10.6. The lowest BCUT2D eigenvalue weighted by Gasteiger charge is -2.10. The number of amides is 1. The van der Waals surface area contributed by atoms with Gasteiger partial charge in [-0.3, -0.25) is 4.79 Å². The molecule has 0 fully saturated rings. The van der Waals surface area contributed by atoms with Crippen LogP contribution in [0.4, 0.5) is 5.82 Å². The molecular formula is C18H25N5O2. The van der Waals surface area contributed by atoms with E-state index in [4.69, 9.17) is 4.74 Å². The monoisotopic (exact) mass is 343 g/mol. The maximum absolute atomic E-state index is 12.1. The van der Waals surface area contributed by atoms with E-state index >= 15 is 0 Å². The van der Waals surface area contributed by atoms with Gasteiger partial charge in [-0.05, 0) is 50.3 Å². The second kappa shape index (κ2) is 9.58. The third kappa shape index (κ3) is 6.39. The number of hydrogen-bond acceptors (Lipinski definition) is 6. The Balaban J connectivity index is 1.76. The number of methoxy groups -OCH3 is 1. The second-order valence-corrected chi connectivity index (χ2v) is 5.89. The predicted octanol–water partition coefficient (Wildman–Crippen LogP) is 1.43. The van der Waals surface area contributed by atoms with E-state index in [-0.39, 0.29) is 5.91 Å². The van der Waals surface area contributed by atoms with Gasteiger partial charge in [0, 0.05) is 19.6 Å². The fourth-order valence-electron chi connectivity index (χ4n) is 2.16. The smallest absolute Gasteiger partial charge is 0.271 e. The van der Waals surface area contributed by atoms with Crippen LogP contribution >= 0.6 is 0 Å². The number of nitrogens with one attached hydrogen (secondary N) is 2. The number of ether oxygens (including phenoxy) is 1. The molecular weight excluding hydrogens is 318 g/mol. The van der Waals surface area contributed by atoms with Gasteiger partial charge < -0.3 is 20.3 Å². The summed E-state index contributed by atoms with van der Waals surface area (Å²) in [6, 6.07) is 11.2. The van der Waals surface area contributed by atoms with Crippen LogP contribution in [0.5, 0.6) is 5.75 Å². The fraction of sp³-hybridized carbons (Fsp3) is 0.389. The van der Waals surface area contributed by atoms with Crippen molar-refractivity contribution in [3.63, 3.8) is 0 Å². The van der Waals surface area contributed by atoms with Crippen molar-refractivity contribution in [2.75, 3.05) is 46.2 Å². The molecule has 0 aliphatic carbocycles. The standard InChI is InChI=1S/C18H25N5O2/c1-23(2)13-12-19-17-9-8-16(21-22-17)18(24)20-11-10-14-4-6-15(25-3)7-5-14/h4-9H,10-13H2,1-3H3,(H,19,22)(H,20,24). The molecule has 7 nitrogen and oxygen atoms in total. The first-order chi connectivity index (χ1) is 12.1. The van der Waals surface area contributed by atoms with Crippen molar-refractivity contribution in [2.24, 2.45) is 0 Å². The first-order valence-corrected chi connectivity index (χ1v) is 8.22. The Bertz CT molecular complexity index is 656. The molecule has 1 aromatic carbocycles. The van der Waals surface area contributed by atoms with Crippen molar-refractivity contribution in [3.8, 4) is 5.75 Å². The molecule has 7 heteroatoms. The lowest BCUT2D eigenvalue weighted by atomic mass is 10.1. The summed E-state index contributed by atoms with van der Waals surface area (Å²) in [4.78, 5) is 14.2. The van der Waals surface area contributed by atoms with Gasteiger partial charge >= 0.3 is 0 Å². The van der Waals surface area contributed by atoms with Crippen LogP contribution in [0.3, 0.4) is 0 Å². The molecule has 1 aromatic heterocycles. The molecule has 2 aromatic rings. The number of carbonyl (C=O) groups excluding carboxylic acids is 1. The van der Waals surface area contributed by atoms with Crippen LogP contribution in [0.15, 0.2) is 36.4 Å². The molecule has 0 spiro atoms. The van der Waals surface area contributed by atoms with E-state index in [1.165, 1.54) is 0 Å². The molecule has 0 radical (unpaired) electrons. The van der Waals surface area contributed by atoms with Crippen molar-refractivity contribution in [3.05, 3.63) is 47.7 Å². The second-order valence-electron chi connectivity index (χ2n) is 5.89. The topological polar surface area (TPSA) is 79.4 Å². The minimum atomic E-state index is -0.221. The van der Waals surface area contributed by atoms with Crippen molar-refractivity contribution in [1.82, 2.24) is 20.4 Å². The highest BCUT2D eigenvalue weighted by Crippen LogP contribution is 2.11. The Labute approximate surface area is 148 Å². The van der Waals surface area contributed by atoms with E-state index in [0.29, 0.717) is 18.1 Å². The molecule has 0 unspecified atom stereocenters. The summed E-state index contributed by atoms with van der Waals surface area (Å²) >= 11 is 0. The molecule has 25 heavy (non-hydrogen) atoms. The largest absolute Gasteiger partial charge is 0.497 e. The molecule has 134 valence electrons. The summed E-state index contributed by atoms with van der Waals surface area (Å²) in [6.07, 6.45) is 0.743. The molecule has 0 saturated carbocycles. The molecule has 2 N–H and O–H groups in total. The Morgan fingerprint density at radius 2 is 1.84 bits per heavy atom. The van der Waals surface area contributed by atoms with Gasteiger partial charge in [-0.15, -0.1) is 10.2 Å². The lowest BCUT2D eigenvalue weighted by Crippen LogP contribution is -2.27. The lowest BCUT2D eigenvalue weighted by molar-refractivity contribution is 0.0948. The molecule has 0 bridgehead atoms. The van der Waals surface area contributed by atoms with Crippen LogP contribution in [0, 0.1) is 0 Å². The van der Waals surface area contributed by atoms with Crippen LogP contribution in [-0.4, -0.2) is 61.8 Å². The molecule has 0 atom stereocenters. The van der Waals surface area contributed by atoms with Crippen LogP contribution in [0.2, 0.25) is 0 Å². The fourth-order valence-corrected chi connectivity index (χ4v) is 2.16. The van der Waals surface area contributed by atoms with Crippen LogP contribution in [-0.2, 0) is 6.42 Å². The van der Waals surface area contributed by atoms with E-state index in [0.717, 1.165) is 30.8 Å². The van der Waals surface area contributed by atoms with Crippen molar-refractivity contribution in [1.29, 1.82) is 0 Å². The highest BCUT2D eigenvalue weighted by molar-refractivity contribution is 5.92.